The minimum absolute atomic E-state index is 0.0319. The number of benzene rings is 1. The van der Waals surface area contributed by atoms with Crippen molar-refractivity contribution < 1.29 is 19.1 Å². The van der Waals surface area contributed by atoms with Crippen LogP contribution in [0.2, 0.25) is 0 Å². The van der Waals surface area contributed by atoms with Gasteiger partial charge in [-0.05, 0) is 61.8 Å². The largest absolute Gasteiger partial charge is 0.462 e. The Balaban J connectivity index is 1.63. The van der Waals surface area contributed by atoms with Crippen molar-refractivity contribution in [3.63, 3.8) is 0 Å². The summed E-state index contributed by atoms with van der Waals surface area (Å²) in [5.74, 6) is -0.370. The van der Waals surface area contributed by atoms with E-state index >= 15 is 0 Å². The molecule has 33 heavy (non-hydrogen) atoms. The van der Waals surface area contributed by atoms with Gasteiger partial charge in [0.25, 0.3) is 0 Å². The standard InChI is InChI=1S/C25H32N2O4S2/c1-5-31-24(30)22-18-11-6-7-12-19(18)33-23(22)27-21(29)15-32-17-10-8-9-16(13-17)26-20(28)14-25(2,3)4/h8-10,13H,5-7,11-12,14-15H2,1-4H3,(H,26,28)(H,27,29). The Morgan fingerprint density at radius 3 is 2.58 bits per heavy atom. The van der Waals surface area contributed by atoms with E-state index in [2.05, 4.69) is 10.6 Å². The number of thioether (sulfide) groups is 1. The summed E-state index contributed by atoms with van der Waals surface area (Å²) >= 11 is 2.88. The topological polar surface area (TPSA) is 84.5 Å². The van der Waals surface area contributed by atoms with Gasteiger partial charge < -0.3 is 15.4 Å². The zero-order chi connectivity index (χ0) is 24.0. The number of hydrogen-bond acceptors (Lipinski definition) is 6. The maximum Gasteiger partial charge on any atom is 0.341 e. The van der Waals surface area contributed by atoms with E-state index in [0.29, 0.717) is 29.3 Å². The number of nitrogens with one attached hydrogen (secondary N) is 2. The molecular formula is C25H32N2O4S2. The van der Waals surface area contributed by atoms with Gasteiger partial charge in [0.05, 0.1) is 17.9 Å². The fraction of sp³-hybridized carbons (Fsp3) is 0.480. The van der Waals surface area contributed by atoms with Gasteiger partial charge in [-0.15, -0.1) is 23.1 Å². The number of fused-ring (bicyclic) bond motifs is 1. The molecule has 6 nitrogen and oxygen atoms in total. The van der Waals surface area contributed by atoms with Gasteiger partial charge in [0.2, 0.25) is 11.8 Å². The number of hydrogen-bond donors (Lipinski definition) is 2. The van der Waals surface area contributed by atoms with E-state index in [1.54, 1.807) is 6.92 Å². The molecule has 0 radical (unpaired) electrons. The molecule has 8 heteroatoms. The summed E-state index contributed by atoms with van der Waals surface area (Å²) in [7, 11) is 0. The number of amides is 2. The predicted octanol–water partition coefficient (Wildman–Crippen LogP) is 5.91. The Hall–Kier alpha value is -2.32. The first-order valence-electron chi connectivity index (χ1n) is 11.3. The highest BCUT2D eigenvalue weighted by atomic mass is 32.2. The van der Waals surface area contributed by atoms with E-state index in [1.165, 1.54) is 28.0 Å². The van der Waals surface area contributed by atoms with Crippen molar-refractivity contribution in [2.45, 2.75) is 64.7 Å². The quantitative estimate of drug-likeness (QED) is 0.356. The summed E-state index contributed by atoms with van der Waals surface area (Å²) in [5.41, 5.74) is 2.19. The van der Waals surface area contributed by atoms with Crippen LogP contribution in [-0.4, -0.2) is 30.1 Å². The van der Waals surface area contributed by atoms with Crippen molar-refractivity contribution in [1.82, 2.24) is 0 Å². The first-order chi connectivity index (χ1) is 15.7. The highest BCUT2D eigenvalue weighted by molar-refractivity contribution is 8.00. The highest BCUT2D eigenvalue weighted by Crippen LogP contribution is 2.38. The van der Waals surface area contributed by atoms with Gasteiger partial charge in [-0.25, -0.2) is 4.79 Å². The van der Waals surface area contributed by atoms with E-state index in [1.807, 2.05) is 45.0 Å². The molecule has 1 aliphatic carbocycles. The van der Waals surface area contributed by atoms with Crippen molar-refractivity contribution >= 4 is 51.6 Å². The normalized spacial score (nSPS) is 13.2. The molecule has 1 aromatic heterocycles. The molecule has 0 bridgehead atoms. The molecule has 0 saturated heterocycles. The molecule has 2 N–H and O–H groups in total. The van der Waals surface area contributed by atoms with Crippen LogP contribution in [0.4, 0.5) is 10.7 Å². The number of carbonyl (C=O) groups excluding carboxylic acids is 3. The average Bonchev–Trinajstić information content (AvgIpc) is 3.09. The summed E-state index contributed by atoms with van der Waals surface area (Å²) in [6.07, 6.45) is 4.35. The van der Waals surface area contributed by atoms with E-state index < -0.39 is 0 Å². The van der Waals surface area contributed by atoms with E-state index in [0.717, 1.165) is 36.1 Å². The molecule has 178 valence electrons. The van der Waals surface area contributed by atoms with Crippen molar-refractivity contribution in [3.05, 3.63) is 40.3 Å². The lowest BCUT2D eigenvalue weighted by molar-refractivity contribution is -0.118. The minimum Gasteiger partial charge on any atom is -0.462 e. The van der Waals surface area contributed by atoms with Crippen LogP contribution in [0.25, 0.3) is 0 Å². The zero-order valence-electron chi connectivity index (χ0n) is 19.7. The van der Waals surface area contributed by atoms with Gasteiger partial charge in [-0.2, -0.15) is 0 Å². The molecule has 0 aliphatic heterocycles. The number of ether oxygens (including phenoxy) is 1. The SMILES string of the molecule is CCOC(=O)c1c(NC(=O)CSc2cccc(NC(=O)CC(C)(C)C)c2)sc2c1CCCC2. The smallest absolute Gasteiger partial charge is 0.341 e. The fourth-order valence-electron chi connectivity index (χ4n) is 3.74. The van der Waals surface area contributed by atoms with Crippen molar-refractivity contribution in [1.29, 1.82) is 0 Å². The maximum absolute atomic E-state index is 12.7. The third-order valence-electron chi connectivity index (χ3n) is 5.08. The lowest BCUT2D eigenvalue weighted by Crippen LogP contribution is -2.19. The Bertz CT molecular complexity index is 1020. The second kappa shape index (κ2) is 11.2. The van der Waals surface area contributed by atoms with Gasteiger partial charge in [0.1, 0.15) is 5.00 Å². The number of carbonyl (C=O) groups is 3. The van der Waals surface area contributed by atoms with Crippen molar-refractivity contribution in [3.8, 4) is 0 Å². The predicted molar refractivity (Wildman–Crippen MR) is 135 cm³/mol. The van der Waals surface area contributed by atoms with E-state index in [9.17, 15) is 14.4 Å². The lowest BCUT2D eigenvalue weighted by Gasteiger charge is -2.17. The lowest BCUT2D eigenvalue weighted by atomic mass is 9.92. The van der Waals surface area contributed by atoms with Gasteiger partial charge in [0, 0.05) is 21.9 Å². The van der Waals surface area contributed by atoms with Gasteiger partial charge >= 0.3 is 5.97 Å². The summed E-state index contributed by atoms with van der Waals surface area (Å²) in [4.78, 5) is 39.5. The first-order valence-corrected chi connectivity index (χ1v) is 13.1. The van der Waals surface area contributed by atoms with Crippen molar-refractivity contribution in [2.75, 3.05) is 23.0 Å². The monoisotopic (exact) mass is 488 g/mol. The summed E-state index contributed by atoms with van der Waals surface area (Å²) in [5, 5.41) is 6.45. The van der Waals surface area contributed by atoms with Crippen molar-refractivity contribution in [2.24, 2.45) is 5.41 Å². The van der Waals surface area contributed by atoms with Gasteiger partial charge in [-0.1, -0.05) is 26.8 Å². The molecule has 0 unspecified atom stereocenters. The Morgan fingerprint density at radius 2 is 1.85 bits per heavy atom. The van der Waals surface area contributed by atoms with Gasteiger partial charge in [0.15, 0.2) is 0 Å². The van der Waals surface area contributed by atoms with Crippen LogP contribution in [-0.2, 0) is 27.2 Å². The molecule has 0 atom stereocenters. The molecule has 0 spiro atoms. The van der Waals surface area contributed by atoms with Gasteiger partial charge in [-0.3, -0.25) is 9.59 Å². The van der Waals surface area contributed by atoms with Crippen LogP contribution in [0.1, 0.15) is 67.8 Å². The number of aryl methyl sites for hydroxylation is 1. The van der Waals surface area contributed by atoms with E-state index in [4.69, 9.17) is 4.74 Å². The molecule has 0 fully saturated rings. The molecular weight excluding hydrogens is 456 g/mol. The van der Waals surface area contributed by atoms with Crippen LogP contribution in [0.3, 0.4) is 0 Å². The zero-order valence-corrected chi connectivity index (χ0v) is 21.3. The third-order valence-corrected chi connectivity index (χ3v) is 7.28. The molecule has 1 aromatic carbocycles. The fourth-order valence-corrected chi connectivity index (χ4v) is 5.78. The van der Waals surface area contributed by atoms with Crippen LogP contribution < -0.4 is 10.6 Å². The minimum atomic E-state index is -0.362. The number of rotatable bonds is 8. The molecule has 2 amide bonds. The van der Waals surface area contributed by atoms with Crippen LogP contribution in [0.15, 0.2) is 29.2 Å². The summed E-state index contributed by atoms with van der Waals surface area (Å²) < 4.78 is 5.26. The number of anilines is 2. The molecule has 1 heterocycles. The number of esters is 1. The van der Waals surface area contributed by atoms with Crippen LogP contribution in [0, 0.1) is 5.41 Å². The molecule has 0 saturated carbocycles. The van der Waals surface area contributed by atoms with Crippen LogP contribution >= 0.6 is 23.1 Å². The maximum atomic E-state index is 12.7. The average molecular weight is 489 g/mol. The Labute approximate surface area is 203 Å². The second-order valence-corrected chi connectivity index (χ2v) is 11.4. The second-order valence-electron chi connectivity index (χ2n) is 9.29. The van der Waals surface area contributed by atoms with E-state index in [-0.39, 0.29) is 29.0 Å². The summed E-state index contributed by atoms with van der Waals surface area (Å²) in [6, 6.07) is 7.48. The Kier molecular flexibility index (Phi) is 8.59. The highest BCUT2D eigenvalue weighted by Gasteiger charge is 2.27. The first kappa shape index (κ1) is 25.3. The molecule has 1 aliphatic rings. The summed E-state index contributed by atoms with van der Waals surface area (Å²) in [6.45, 7) is 8.15. The number of thiophene rings is 1. The molecule has 2 aromatic rings. The third kappa shape index (κ3) is 7.33. The molecule has 3 rings (SSSR count). The van der Waals surface area contributed by atoms with Crippen LogP contribution in [0.5, 0.6) is 0 Å². The Morgan fingerprint density at radius 1 is 1.09 bits per heavy atom.